The molecule has 0 amide bonds. The van der Waals surface area contributed by atoms with E-state index in [-0.39, 0.29) is 22.8 Å². The molecule has 0 aliphatic rings. The molecule has 116 valence electrons. The lowest BCUT2D eigenvalue weighted by Crippen LogP contribution is -2.25. The van der Waals surface area contributed by atoms with Gasteiger partial charge < -0.3 is 14.1 Å². The molecule has 0 saturated carbocycles. The quantitative estimate of drug-likeness (QED) is 0.677. The van der Waals surface area contributed by atoms with Crippen molar-refractivity contribution in [3.8, 4) is 0 Å². The van der Waals surface area contributed by atoms with Gasteiger partial charge in [0.05, 0.1) is 17.5 Å². The summed E-state index contributed by atoms with van der Waals surface area (Å²) in [5, 5.41) is 0. The molecule has 0 saturated heterocycles. The molecule has 1 N–H and O–H groups in total. The van der Waals surface area contributed by atoms with E-state index in [1.54, 1.807) is 13.8 Å². The van der Waals surface area contributed by atoms with Gasteiger partial charge in [0.15, 0.2) is 11.9 Å². The van der Waals surface area contributed by atoms with E-state index < -0.39 is 12.1 Å². The van der Waals surface area contributed by atoms with Crippen molar-refractivity contribution in [3.63, 3.8) is 0 Å². The van der Waals surface area contributed by atoms with Gasteiger partial charge in [-0.15, -0.1) is 0 Å². The number of H-pyrrole nitrogens is 1. The number of furan rings is 1. The summed E-state index contributed by atoms with van der Waals surface area (Å²) in [6.45, 7) is 6.35. The van der Waals surface area contributed by atoms with Gasteiger partial charge in [-0.2, -0.15) is 0 Å². The van der Waals surface area contributed by atoms with Gasteiger partial charge in [-0.3, -0.25) is 9.59 Å². The van der Waals surface area contributed by atoms with Crippen molar-refractivity contribution in [1.82, 2.24) is 4.98 Å². The summed E-state index contributed by atoms with van der Waals surface area (Å²) in [5.74, 6) is -1.14. The molecular weight excluding hydrogens is 286 g/mol. The van der Waals surface area contributed by atoms with Crippen LogP contribution < -0.4 is 0 Å². The van der Waals surface area contributed by atoms with E-state index in [1.165, 1.54) is 32.4 Å². The molecule has 2 heterocycles. The maximum absolute atomic E-state index is 12.4. The first-order valence-corrected chi connectivity index (χ1v) is 6.80. The molecule has 0 spiro atoms. The zero-order chi connectivity index (χ0) is 16.4. The first-order valence-electron chi connectivity index (χ1n) is 6.80. The van der Waals surface area contributed by atoms with E-state index in [9.17, 15) is 14.4 Å². The molecule has 2 aromatic heterocycles. The smallest absolute Gasteiger partial charge is 0.342 e. The molecule has 0 radical (unpaired) electrons. The molecule has 2 rings (SSSR count). The minimum Gasteiger partial charge on any atom is -0.472 e. The Hall–Kier alpha value is -2.63. The highest BCUT2D eigenvalue weighted by atomic mass is 16.5. The van der Waals surface area contributed by atoms with Crippen molar-refractivity contribution < 1.29 is 23.5 Å². The summed E-state index contributed by atoms with van der Waals surface area (Å²) in [6, 6.07) is 1.46. The number of nitrogens with one attached hydrogen (secondary N) is 1. The summed E-state index contributed by atoms with van der Waals surface area (Å²) in [5.41, 5.74) is 2.22. The zero-order valence-corrected chi connectivity index (χ0v) is 12.9. The number of ketones is 2. The highest BCUT2D eigenvalue weighted by Crippen LogP contribution is 2.20. The maximum atomic E-state index is 12.4. The number of hydrogen-bond acceptors (Lipinski definition) is 5. The first-order chi connectivity index (χ1) is 10.3. The van der Waals surface area contributed by atoms with Crippen LogP contribution in [0.3, 0.4) is 0 Å². The van der Waals surface area contributed by atoms with Gasteiger partial charge in [-0.05, 0) is 39.3 Å². The van der Waals surface area contributed by atoms with E-state index in [4.69, 9.17) is 9.15 Å². The van der Waals surface area contributed by atoms with Crippen LogP contribution in [0, 0.1) is 13.8 Å². The number of carbonyl (C=O) groups is 3. The molecule has 0 fully saturated rings. The highest BCUT2D eigenvalue weighted by molar-refractivity contribution is 6.05. The third-order valence-corrected chi connectivity index (χ3v) is 3.45. The lowest BCUT2D eigenvalue weighted by molar-refractivity contribution is 0.0316. The minimum absolute atomic E-state index is 0.117. The van der Waals surface area contributed by atoms with Crippen molar-refractivity contribution in [1.29, 1.82) is 0 Å². The Morgan fingerprint density at radius 3 is 2.45 bits per heavy atom. The molecule has 6 heteroatoms. The molecule has 0 bridgehead atoms. The molecular formula is C16H17NO5. The van der Waals surface area contributed by atoms with Gasteiger partial charge in [0, 0.05) is 11.3 Å². The summed E-state index contributed by atoms with van der Waals surface area (Å²) >= 11 is 0. The van der Waals surface area contributed by atoms with Crippen LogP contribution in [0.15, 0.2) is 23.0 Å². The van der Waals surface area contributed by atoms with E-state index in [2.05, 4.69) is 4.98 Å². The molecule has 2 aromatic rings. The number of aromatic nitrogens is 1. The summed E-state index contributed by atoms with van der Waals surface area (Å²) in [6.07, 6.45) is 1.62. The number of carbonyl (C=O) groups excluding carboxylic acids is 3. The molecule has 0 aliphatic carbocycles. The number of Topliss-reactive ketones (excluding diaryl/α,β-unsaturated/α-hetero) is 2. The topological polar surface area (TPSA) is 89.4 Å². The van der Waals surface area contributed by atoms with Crippen LogP contribution in [0.5, 0.6) is 0 Å². The van der Waals surface area contributed by atoms with E-state index in [0.717, 1.165) is 0 Å². The number of hydrogen-bond donors (Lipinski definition) is 1. The van der Waals surface area contributed by atoms with Gasteiger partial charge in [-0.25, -0.2) is 4.79 Å². The van der Waals surface area contributed by atoms with Crippen molar-refractivity contribution in [3.05, 3.63) is 46.7 Å². The monoisotopic (exact) mass is 303 g/mol. The Morgan fingerprint density at radius 1 is 1.27 bits per heavy atom. The van der Waals surface area contributed by atoms with Crippen LogP contribution in [-0.2, 0) is 4.74 Å². The fourth-order valence-electron chi connectivity index (χ4n) is 2.39. The second-order valence-corrected chi connectivity index (χ2v) is 5.10. The van der Waals surface area contributed by atoms with Crippen molar-refractivity contribution in [2.75, 3.05) is 0 Å². The van der Waals surface area contributed by atoms with Gasteiger partial charge in [0.25, 0.3) is 0 Å². The van der Waals surface area contributed by atoms with E-state index in [1.807, 2.05) is 0 Å². The number of aromatic amines is 1. The number of aryl methyl sites for hydroxylation is 1. The Bertz CT molecular complexity index is 724. The second kappa shape index (κ2) is 6.01. The Kier molecular flexibility index (Phi) is 4.30. The van der Waals surface area contributed by atoms with Crippen LogP contribution >= 0.6 is 0 Å². The summed E-state index contributed by atoms with van der Waals surface area (Å²) < 4.78 is 9.92. The minimum atomic E-state index is -0.973. The predicted octanol–water partition coefficient (Wildman–Crippen LogP) is 2.86. The van der Waals surface area contributed by atoms with Crippen molar-refractivity contribution in [2.45, 2.75) is 33.8 Å². The average Bonchev–Trinajstić information content (AvgIpc) is 3.05. The lowest BCUT2D eigenvalue weighted by atomic mass is 10.0. The first kappa shape index (κ1) is 15.8. The Morgan fingerprint density at radius 2 is 1.95 bits per heavy atom. The van der Waals surface area contributed by atoms with Gasteiger partial charge in [0.2, 0.25) is 5.78 Å². The van der Waals surface area contributed by atoms with Gasteiger partial charge in [0.1, 0.15) is 6.26 Å². The summed E-state index contributed by atoms with van der Waals surface area (Å²) in [4.78, 5) is 38.7. The van der Waals surface area contributed by atoms with Crippen molar-refractivity contribution >= 4 is 17.5 Å². The molecule has 0 unspecified atom stereocenters. The second-order valence-electron chi connectivity index (χ2n) is 5.10. The maximum Gasteiger partial charge on any atom is 0.342 e. The summed E-state index contributed by atoms with van der Waals surface area (Å²) in [7, 11) is 0. The standard InChI is InChI=1S/C16H17NO5/c1-8-13(10(3)18)9(2)17-14(8)15(19)11(4)22-16(20)12-5-6-21-7-12/h5-7,11,17H,1-4H3/t11-/m1/s1. The van der Waals surface area contributed by atoms with Gasteiger partial charge in [-0.1, -0.05) is 0 Å². The Balaban J connectivity index is 2.19. The van der Waals surface area contributed by atoms with E-state index >= 15 is 0 Å². The van der Waals surface area contributed by atoms with E-state index in [0.29, 0.717) is 16.8 Å². The largest absolute Gasteiger partial charge is 0.472 e. The third kappa shape index (κ3) is 2.86. The molecule has 22 heavy (non-hydrogen) atoms. The molecule has 6 nitrogen and oxygen atoms in total. The van der Waals surface area contributed by atoms with Crippen molar-refractivity contribution in [2.24, 2.45) is 0 Å². The fourth-order valence-corrected chi connectivity index (χ4v) is 2.39. The lowest BCUT2D eigenvalue weighted by Gasteiger charge is -2.11. The number of rotatable bonds is 5. The predicted molar refractivity (Wildman–Crippen MR) is 78.2 cm³/mol. The van der Waals surface area contributed by atoms with Crippen LogP contribution in [0.4, 0.5) is 0 Å². The third-order valence-electron chi connectivity index (χ3n) is 3.45. The normalized spacial score (nSPS) is 12.0. The fraction of sp³-hybridized carbons (Fsp3) is 0.312. The number of ether oxygens (including phenoxy) is 1. The molecule has 0 aromatic carbocycles. The molecule has 0 aliphatic heterocycles. The van der Waals surface area contributed by atoms with Crippen LogP contribution in [0.25, 0.3) is 0 Å². The number of esters is 1. The molecule has 1 atom stereocenters. The van der Waals surface area contributed by atoms with Crippen LogP contribution in [0.1, 0.15) is 56.3 Å². The average molecular weight is 303 g/mol. The Labute approximate surface area is 127 Å². The van der Waals surface area contributed by atoms with Gasteiger partial charge >= 0.3 is 5.97 Å². The van der Waals surface area contributed by atoms with Crippen LogP contribution in [-0.4, -0.2) is 28.6 Å². The highest BCUT2D eigenvalue weighted by Gasteiger charge is 2.26. The zero-order valence-electron chi connectivity index (χ0n) is 12.9. The van der Waals surface area contributed by atoms with Crippen LogP contribution in [0.2, 0.25) is 0 Å². The SMILES string of the molecule is CC(=O)c1c(C)[nH]c(C(=O)[C@@H](C)OC(=O)c2ccoc2)c1C.